The molecule has 0 bridgehead atoms. The molecule has 0 aliphatic rings. The number of hydrogen-bond donors (Lipinski definition) is 3. The molecular formula is C17H25NO6. The average Bonchev–Trinajstić information content (AvgIpc) is 2.60. The lowest BCUT2D eigenvalue weighted by molar-refractivity contribution is -0.153. The van der Waals surface area contributed by atoms with E-state index in [-0.39, 0.29) is 26.2 Å². The van der Waals surface area contributed by atoms with Crippen molar-refractivity contribution in [2.45, 2.75) is 38.3 Å². The van der Waals surface area contributed by atoms with Crippen LogP contribution >= 0.6 is 0 Å². The fraction of sp³-hybridized carbons (Fsp3) is 0.529. The minimum absolute atomic E-state index is 0.0389. The van der Waals surface area contributed by atoms with Gasteiger partial charge >= 0.3 is 12.1 Å². The second-order valence-corrected chi connectivity index (χ2v) is 5.33. The average molecular weight is 339 g/mol. The maximum Gasteiger partial charge on any atom is 0.408 e. The summed E-state index contributed by atoms with van der Waals surface area (Å²) in [4.78, 5) is 24.2. The highest BCUT2D eigenvalue weighted by molar-refractivity contribution is 5.86. The Morgan fingerprint density at radius 3 is 2.42 bits per heavy atom. The molecule has 1 atom stereocenters. The number of ether oxygens (including phenoxy) is 2. The van der Waals surface area contributed by atoms with E-state index >= 15 is 0 Å². The normalized spacial score (nSPS) is 13.0. The minimum atomic E-state index is -1.57. The maximum absolute atomic E-state index is 12.2. The van der Waals surface area contributed by atoms with Crippen LogP contribution in [0.1, 0.15) is 31.7 Å². The molecule has 1 aromatic carbocycles. The Hall–Kier alpha value is -2.12. The Morgan fingerprint density at radius 1 is 1.12 bits per heavy atom. The van der Waals surface area contributed by atoms with Crippen molar-refractivity contribution in [3.05, 3.63) is 35.9 Å². The SMILES string of the molecule is CCOC(=O)[C@@](CO)(CCCCO)NC(=O)OCc1ccccc1. The Kier molecular flexibility index (Phi) is 8.81. The van der Waals surface area contributed by atoms with E-state index in [0.29, 0.717) is 12.8 Å². The molecule has 0 aromatic heterocycles. The zero-order chi connectivity index (χ0) is 17.8. The molecule has 0 aliphatic heterocycles. The predicted octanol–water partition coefficient (Wildman–Crippen LogP) is 1.37. The molecular weight excluding hydrogens is 314 g/mol. The lowest BCUT2D eigenvalue weighted by Crippen LogP contribution is -2.58. The molecule has 0 saturated carbocycles. The number of benzene rings is 1. The first kappa shape index (κ1) is 19.9. The van der Waals surface area contributed by atoms with Crippen molar-refractivity contribution in [2.24, 2.45) is 0 Å². The monoisotopic (exact) mass is 339 g/mol. The minimum Gasteiger partial charge on any atom is -0.464 e. The molecule has 3 N–H and O–H groups in total. The van der Waals surface area contributed by atoms with E-state index in [0.717, 1.165) is 5.56 Å². The van der Waals surface area contributed by atoms with Gasteiger partial charge in [0.15, 0.2) is 5.54 Å². The van der Waals surface area contributed by atoms with E-state index in [2.05, 4.69) is 5.32 Å². The highest BCUT2D eigenvalue weighted by Gasteiger charge is 2.41. The number of hydrogen-bond acceptors (Lipinski definition) is 6. The number of esters is 1. The fourth-order valence-electron chi connectivity index (χ4n) is 2.16. The van der Waals surface area contributed by atoms with E-state index in [1.807, 2.05) is 18.2 Å². The Balaban J connectivity index is 2.70. The Bertz CT molecular complexity index is 507. The van der Waals surface area contributed by atoms with Crippen molar-refractivity contribution in [3.8, 4) is 0 Å². The van der Waals surface area contributed by atoms with Crippen LogP contribution in [0.15, 0.2) is 30.3 Å². The van der Waals surface area contributed by atoms with Crippen LogP contribution in [-0.2, 0) is 20.9 Å². The van der Waals surface area contributed by atoms with Crippen molar-refractivity contribution in [2.75, 3.05) is 19.8 Å². The second-order valence-electron chi connectivity index (χ2n) is 5.33. The third-order valence-electron chi connectivity index (χ3n) is 3.50. The van der Waals surface area contributed by atoms with Gasteiger partial charge in [-0.15, -0.1) is 0 Å². The third-order valence-corrected chi connectivity index (χ3v) is 3.50. The standard InChI is InChI=1S/C17H25NO6/c1-2-23-15(21)17(13-20,10-6-7-11-19)18-16(22)24-12-14-8-4-3-5-9-14/h3-5,8-9,19-20H,2,6-7,10-13H2,1H3,(H,18,22)/t17-/m0/s1. The topological polar surface area (TPSA) is 105 Å². The number of unbranched alkanes of at least 4 members (excludes halogenated alkanes) is 1. The molecule has 0 saturated heterocycles. The molecule has 0 radical (unpaired) electrons. The molecule has 0 fully saturated rings. The fourth-order valence-corrected chi connectivity index (χ4v) is 2.16. The van der Waals surface area contributed by atoms with Gasteiger partial charge in [-0.25, -0.2) is 9.59 Å². The molecule has 1 aromatic rings. The summed E-state index contributed by atoms with van der Waals surface area (Å²) in [6.07, 6.45) is 0.213. The van der Waals surface area contributed by atoms with Crippen LogP contribution in [0, 0.1) is 0 Å². The maximum atomic E-state index is 12.2. The first-order valence-corrected chi connectivity index (χ1v) is 7.95. The summed E-state index contributed by atoms with van der Waals surface area (Å²) in [5, 5.41) is 21.0. The quantitative estimate of drug-likeness (QED) is 0.439. The summed E-state index contributed by atoms with van der Waals surface area (Å²) in [7, 11) is 0. The lowest BCUT2D eigenvalue weighted by atomic mass is 9.93. The molecule has 0 unspecified atom stereocenters. The lowest BCUT2D eigenvalue weighted by Gasteiger charge is -2.30. The van der Waals surface area contributed by atoms with Crippen molar-refractivity contribution in [3.63, 3.8) is 0 Å². The highest BCUT2D eigenvalue weighted by Crippen LogP contribution is 2.17. The van der Waals surface area contributed by atoms with Crippen LogP contribution < -0.4 is 5.32 Å². The van der Waals surface area contributed by atoms with Crippen LogP contribution in [0.4, 0.5) is 4.79 Å². The summed E-state index contributed by atoms with van der Waals surface area (Å²) >= 11 is 0. The number of aliphatic hydroxyl groups is 2. The van der Waals surface area contributed by atoms with Gasteiger partial charge in [0.2, 0.25) is 0 Å². The van der Waals surface area contributed by atoms with Crippen molar-refractivity contribution >= 4 is 12.1 Å². The highest BCUT2D eigenvalue weighted by atomic mass is 16.6. The van der Waals surface area contributed by atoms with Crippen LogP contribution in [0.5, 0.6) is 0 Å². The summed E-state index contributed by atoms with van der Waals surface area (Å²) in [6, 6.07) is 9.10. The van der Waals surface area contributed by atoms with Gasteiger partial charge in [-0.2, -0.15) is 0 Å². The molecule has 0 aliphatic carbocycles. The molecule has 1 amide bonds. The number of amides is 1. The molecule has 0 heterocycles. The summed E-state index contributed by atoms with van der Waals surface area (Å²) in [6.45, 7) is 1.16. The van der Waals surface area contributed by atoms with Gasteiger partial charge in [0.25, 0.3) is 0 Å². The number of aliphatic hydroxyl groups excluding tert-OH is 2. The molecule has 0 spiro atoms. The predicted molar refractivity (Wildman–Crippen MR) is 87.1 cm³/mol. The van der Waals surface area contributed by atoms with E-state index in [4.69, 9.17) is 14.6 Å². The smallest absolute Gasteiger partial charge is 0.408 e. The van der Waals surface area contributed by atoms with Crippen LogP contribution in [0.25, 0.3) is 0 Å². The van der Waals surface area contributed by atoms with Gasteiger partial charge < -0.3 is 25.0 Å². The second kappa shape index (κ2) is 10.6. The summed E-state index contributed by atoms with van der Waals surface area (Å²) < 4.78 is 10.1. The van der Waals surface area contributed by atoms with E-state index in [9.17, 15) is 14.7 Å². The first-order valence-electron chi connectivity index (χ1n) is 7.95. The molecule has 134 valence electrons. The third kappa shape index (κ3) is 6.17. The van der Waals surface area contributed by atoms with E-state index in [1.165, 1.54) is 0 Å². The molecule has 24 heavy (non-hydrogen) atoms. The van der Waals surface area contributed by atoms with Crippen molar-refractivity contribution in [1.29, 1.82) is 0 Å². The van der Waals surface area contributed by atoms with Crippen LogP contribution in [0.3, 0.4) is 0 Å². The van der Waals surface area contributed by atoms with Gasteiger partial charge in [-0.1, -0.05) is 30.3 Å². The van der Waals surface area contributed by atoms with E-state index in [1.54, 1.807) is 19.1 Å². The van der Waals surface area contributed by atoms with Gasteiger partial charge in [0.1, 0.15) is 6.61 Å². The van der Waals surface area contributed by atoms with Crippen LogP contribution in [-0.4, -0.2) is 47.6 Å². The van der Waals surface area contributed by atoms with Crippen molar-refractivity contribution in [1.82, 2.24) is 5.32 Å². The Morgan fingerprint density at radius 2 is 1.83 bits per heavy atom. The zero-order valence-corrected chi connectivity index (χ0v) is 13.9. The van der Waals surface area contributed by atoms with Gasteiger partial charge in [-0.05, 0) is 31.7 Å². The molecule has 7 heteroatoms. The number of carbonyl (C=O) groups is 2. The van der Waals surface area contributed by atoms with Gasteiger partial charge in [0, 0.05) is 6.61 Å². The Labute approximate surface area is 141 Å². The summed E-state index contributed by atoms with van der Waals surface area (Å²) in [5.74, 6) is -0.720. The first-order chi connectivity index (χ1) is 11.6. The van der Waals surface area contributed by atoms with E-state index < -0.39 is 24.2 Å². The number of nitrogens with one attached hydrogen (secondary N) is 1. The molecule has 7 nitrogen and oxygen atoms in total. The summed E-state index contributed by atoms with van der Waals surface area (Å²) in [5.41, 5.74) is -0.766. The number of alkyl carbamates (subject to hydrolysis) is 1. The number of rotatable bonds is 10. The van der Waals surface area contributed by atoms with Gasteiger partial charge in [-0.3, -0.25) is 0 Å². The number of carbonyl (C=O) groups excluding carboxylic acids is 2. The molecule has 1 rings (SSSR count). The largest absolute Gasteiger partial charge is 0.464 e. The van der Waals surface area contributed by atoms with Crippen molar-refractivity contribution < 1.29 is 29.3 Å². The zero-order valence-electron chi connectivity index (χ0n) is 13.9. The van der Waals surface area contributed by atoms with Gasteiger partial charge in [0.05, 0.1) is 13.2 Å². The van der Waals surface area contributed by atoms with Crippen LogP contribution in [0.2, 0.25) is 0 Å².